The van der Waals surface area contributed by atoms with Crippen molar-refractivity contribution in [1.29, 1.82) is 4.78 Å². The fourth-order valence-electron chi connectivity index (χ4n) is 5.14. The van der Waals surface area contributed by atoms with Crippen molar-refractivity contribution in [3.8, 4) is 22.6 Å². The molecule has 0 saturated carbocycles. The first kappa shape index (κ1) is 28.2. The first-order chi connectivity index (χ1) is 19.5. The SMILES string of the molecule is COc1ccc(-c2c(C)nn3c(N(C)c4cccc(S(C)(=N)=O)c4)cc(N4CCN(C(C)=O)CC4)nc23)cc1OC. The van der Waals surface area contributed by atoms with Gasteiger partial charge in [-0.15, -0.1) is 0 Å². The molecule has 0 radical (unpaired) electrons. The molecule has 216 valence electrons. The lowest BCUT2D eigenvalue weighted by molar-refractivity contribution is -0.129. The van der Waals surface area contributed by atoms with E-state index in [4.69, 9.17) is 24.3 Å². The molecule has 0 spiro atoms. The van der Waals surface area contributed by atoms with E-state index >= 15 is 0 Å². The van der Waals surface area contributed by atoms with Crippen molar-refractivity contribution in [3.05, 3.63) is 54.2 Å². The molecule has 12 heteroatoms. The number of amides is 1. The van der Waals surface area contributed by atoms with Crippen molar-refractivity contribution in [1.82, 2.24) is 19.5 Å². The van der Waals surface area contributed by atoms with Gasteiger partial charge in [0.2, 0.25) is 5.91 Å². The van der Waals surface area contributed by atoms with Crippen molar-refractivity contribution in [2.75, 3.05) is 63.5 Å². The summed E-state index contributed by atoms with van der Waals surface area (Å²) in [6, 6.07) is 14.9. The first-order valence-corrected chi connectivity index (χ1v) is 15.2. The third kappa shape index (κ3) is 5.39. The molecule has 1 unspecified atom stereocenters. The van der Waals surface area contributed by atoms with E-state index in [0.29, 0.717) is 48.2 Å². The number of benzene rings is 2. The maximum atomic E-state index is 12.5. The maximum absolute atomic E-state index is 12.5. The van der Waals surface area contributed by atoms with E-state index in [0.717, 1.165) is 34.1 Å². The van der Waals surface area contributed by atoms with Gasteiger partial charge in [0, 0.05) is 68.6 Å². The highest BCUT2D eigenvalue weighted by Crippen LogP contribution is 2.38. The molecule has 2 aromatic carbocycles. The van der Waals surface area contributed by atoms with Crippen LogP contribution in [-0.2, 0) is 14.5 Å². The van der Waals surface area contributed by atoms with Crippen molar-refractivity contribution < 1.29 is 18.5 Å². The van der Waals surface area contributed by atoms with Crippen LogP contribution in [0.25, 0.3) is 16.8 Å². The summed E-state index contributed by atoms with van der Waals surface area (Å²) < 4.78 is 33.4. The lowest BCUT2D eigenvalue weighted by atomic mass is 10.1. The Morgan fingerprint density at radius 3 is 2.37 bits per heavy atom. The number of anilines is 3. The highest BCUT2D eigenvalue weighted by Gasteiger charge is 2.25. The summed E-state index contributed by atoms with van der Waals surface area (Å²) in [6.45, 7) is 6.07. The molecule has 0 bridgehead atoms. The quantitative estimate of drug-likeness (QED) is 0.348. The van der Waals surface area contributed by atoms with Crippen LogP contribution in [0, 0.1) is 11.7 Å². The molecule has 1 fully saturated rings. The van der Waals surface area contributed by atoms with Gasteiger partial charge in [-0.2, -0.15) is 9.61 Å². The summed E-state index contributed by atoms with van der Waals surface area (Å²) in [6.07, 6.45) is 1.42. The third-order valence-corrected chi connectivity index (χ3v) is 8.60. The van der Waals surface area contributed by atoms with Crippen molar-refractivity contribution in [2.24, 2.45) is 0 Å². The van der Waals surface area contributed by atoms with Crippen molar-refractivity contribution >= 4 is 38.6 Å². The lowest BCUT2D eigenvalue weighted by Crippen LogP contribution is -2.48. The second kappa shape index (κ2) is 10.9. The van der Waals surface area contributed by atoms with Gasteiger partial charge in [0.25, 0.3) is 0 Å². The molecule has 41 heavy (non-hydrogen) atoms. The van der Waals surface area contributed by atoms with Crippen LogP contribution in [0.2, 0.25) is 0 Å². The molecule has 1 aliphatic heterocycles. The standard InChI is InChI=1S/C29H35N7O4S/c1-19-28(21-10-11-24(39-4)25(16-21)40-5)29-31-26(35-14-12-34(13-15-35)20(2)37)18-27(36(29)32-19)33(3)22-8-7-9-23(17-22)41(6,30)38/h7-11,16-18,30H,12-15H2,1-6H3. The van der Waals surface area contributed by atoms with E-state index in [9.17, 15) is 9.00 Å². The number of nitrogens with zero attached hydrogens (tertiary/aromatic N) is 6. The number of aromatic nitrogens is 3. The minimum Gasteiger partial charge on any atom is -0.493 e. The van der Waals surface area contributed by atoms with Crippen LogP contribution in [0.3, 0.4) is 0 Å². The molecule has 1 saturated heterocycles. The Morgan fingerprint density at radius 2 is 1.73 bits per heavy atom. The summed E-state index contributed by atoms with van der Waals surface area (Å²) in [7, 11) is 2.23. The van der Waals surface area contributed by atoms with E-state index in [1.807, 2.05) is 64.7 Å². The smallest absolute Gasteiger partial charge is 0.219 e. The number of fused-ring (bicyclic) bond motifs is 1. The normalized spacial score (nSPS) is 15.1. The summed E-state index contributed by atoms with van der Waals surface area (Å²) in [4.78, 5) is 23.5. The molecule has 2 aromatic heterocycles. The van der Waals surface area contributed by atoms with Gasteiger partial charge < -0.3 is 24.2 Å². The highest BCUT2D eigenvalue weighted by molar-refractivity contribution is 7.91. The number of carbonyl (C=O) groups is 1. The fourth-order valence-corrected chi connectivity index (χ4v) is 5.83. The van der Waals surface area contributed by atoms with Crippen LogP contribution >= 0.6 is 0 Å². The number of rotatable bonds is 7. The van der Waals surface area contributed by atoms with Crippen LogP contribution in [-0.4, -0.2) is 83.3 Å². The summed E-state index contributed by atoms with van der Waals surface area (Å²) >= 11 is 0. The van der Waals surface area contributed by atoms with Crippen molar-refractivity contribution in [2.45, 2.75) is 18.7 Å². The van der Waals surface area contributed by atoms with E-state index < -0.39 is 9.73 Å². The van der Waals surface area contributed by atoms with Crippen molar-refractivity contribution in [3.63, 3.8) is 0 Å². The Morgan fingerprint density at radius 1 is 1.02 bits per heavy atom. The molecule has 1 atom stereocenters. The first-order valence-electron chi connectivity index (χ1n) is 13.2. The minimum absolute atomic E-state index is 0.0671. The Bertz CT molecular complexity index is 1730. The summed E-state index contributed by atoms with van der Waals surface area (Å²) in [5.41, 5.74) is 3.97. The Labute approximate surface area is 240 Å². The summed E-state index contributed by atoms with van der Waals surface area (Å²) in [5.74, 6) is 2.81. The predicted octanol–water partition coefficient (Wildman–Crippen LogP) is 4.19. The van der Waals surface area contributed by atoms with Gasteiger partial charge >= 0.3 is 0 Å². The fraction of sp³-hybridized carbons (Fsp3) is 0.345. The van der Waals surface area contributed by atoms with E-state index in [1.54, 1.807) is 33.3 Å². The zero-order valence-corrected chi connectivity index (χ0v) is 25.0. The highest BCUT2D eigenvalue weighted by atomic mass is 32.2. The number of ether oxygens (including phenoxy) is 2. The van der Waals surface area contributed by atoms with Crippen LogP contribution in [0.15, 0.2) is 53.4 Å². The molecule has 11 nitrogen and oxygen atoms in total. The second-order valence-electron chi connectivity index (χ2n) is 10.1. The second-order valence-corrected chi connectivity index (χ2v) is 12.3. The Hall–Kier alpha value is -4.32. The van der Waals surface area contributed by atoms with Gasteiger partial charge in [0.05, 0.1) is 29.6 Å². The number of methoxy groups -OCH3 is 2. The molecule has 1 aliphatic rings. The predicted molar refractivity (Wildman–Crippen MR) is 160 cm³/mol. The molecule has 1 amide bonds. The van der Waals surface area contributed by atoms with Gasteiger partial charge in [-0.25, -0.2) is 14.0 Å². The average Bonchev–Trinajstić information content (AvgIpc) is 3.31. The van der Waals surface area contributed by atoms with E-state index in [-0.39, 0.29) is 5.91 Å². The number of carbonyl (C=O) groups excluding carboxylic acids is 1. The Balaban J connectivity index is 1.69. The van der Waals surface area contributed by atoms with Crippen LogP contribution < -0.4 is 19.3 Å². The van der Waals surface area contributed by atoms with E-state index in [2.05, 4.69) is 4.90 Å². The number of hydrogen-bond donors (Lipinski definition) is 1. The van der Waals surface area contributed by atoms with Gasteiger partial charge in [-0.3, -0.25) is 4.79 Å². The topological polar surface area (TPSA) is 116 Å². The Kier molecular flexibility index (Phi) is 7.52. The van der Waals surface area contributed by atoms with Gasteiger partial charge in [0.1, 0.15) is 11.6 Å². The van der Waals surface area contributed by atoms with E-state index in [1.165, 1.54) is 6.26 Å². The monoisotopic (exact) mass is 577 g/mol. The largest absolute Gasteiger partial charge is 0.493 e. The molecular formula is C29H35N7O4S. The van der Waals surface area contributed by atoms with Crippen LogP contribution in [0.4, 0.5) is 17.3 Å². The molecule has 1 N–H and O–H groups in total. The average molecular weight is 578 g/mol. The number of aryl methyl sites for hydroxylation is 1. The number of nitrogens with one attached hydrogen (secondary N) is 1. The molecule has 3 heterocycles. The van der Waals surface area contributed by atoms with Gasteiger partial charge in [-0.05, 0) is 42.8 Å². The van der Waals surface area contributed by atoms with Gasteiger partial charge in [-0.1, -0.05) is 12.1 Å². The number of piperazine rings is 1. The zero-order valence-electron chi connectivity index (χ0n) is 24.2. The number of hydrogen-bond acceptors (Lipinski definition) is 9. The third-order valence-electron chi connectivity index (χ3n) is 7.45. The maximum Gasteiger partial charge on any atom is 0.219 e. The molecule has 0 aliphatic carbocycles. The van der Waals surface area contributed by atoms with Gasteiger partial charge in [0.15, 0.2) is 17.1 Å². The molecule has 4 aromatic rings. The molecule has 5 rings (SSSR count). The summed E-state index contributed by atoms with van der Waals surface area (Å²) in [5, 5.41) is 4.90. The van der Waals surface area contributed by atoms with Crippen LogP contribution in [0.1, 0.15) is 12.6 Å². The lowest BCUT2D eigenvalue weighted by Gasteiger charge is -2.35. The zero-order chi connectivity index (χ0) is 29.5. The minimum atomic E-state index is -2.90. The van der Waals surface area contributed by atoms with Crippen LogP contribution in [0.5, 0.6) is 11.5 Å². The molecular weight excluding hydrogens is 542 g/mol.